The molecule has 5 rings (SSSR count). The molecule has 0 bridgehead atoms. The van der Waals surface area contributed by atoms with Gasteiger partial charge in [0.2, 0.25) is 5.95 Å². The molecule has 1 aliphatic heterocycles. The Balaban J connectivity index is 1.49. The quantitative estimate of drug-likeness (QED) is 0.679. The molecule has 1 aliphatic carbocycles. The van der Waals surface area contributed by atoms with Crippen molar-refractivity contribution in [1.29, 1.82) is 0 Å². The van der Waals surface area contributed by atoms with Gasteiger partial charge in [0, 0.05) is 61.7 Å². The normalized spacial score (nSPS) is 18.0. The molecule has 0 spiro atoms. The van der Waals surface area contributed by atoms with Crippen molar-refractivity contribution in [2.75, 3.05) is 32.1 Å². The first-order valence-corrected chi connectivity index (χ1v) is 11.2. The number of anilines is 1. The number of H-pyrrole nitrogens is 1. The van der Waals surface area contributed by atoms with E-state index in [1.165, 1.54) is 6.07 Å². The summed E-state index contributed by atoms with van der Waals surface area (Å²) < 4.78 is 14.7. The number of fused-ring (bicyclic) bond motifs is 1. The molecule has 0 unspecified atom stereocenters. The van der Waals surface area contributed by atoms with Crippen molar-refractivity contribution in [3.05, 3.63) is 58.9 Å². The van der Waals surface area contributed by atoms with E-state index in [1.54, 1.807) is 18.3 Å². The fourth-order valence-corrected chi connectivity index (χ4v) is 4.83. The van der Waals surface area contributed by atoms with Crippen molar-refractivity contribution < 1.29 is 9.18 Å². The van der Waals surface area contributed by atoms with Crippen molar-refractivity contribution in [3.63, 3.8) is 0 Å². The summed E-state index contributed by atoms with van der Waals surface area (Å²) in [5.74, 6) is 0.249. The standard InChI is InChI=1S/C24H27FN6O/c1-30(2)24-26-13-18(16-8-3-4-10-19(16)25)21(27-24)15-7-6-12-31(14-15)23(32)22-17-9-5-11-20(17)28-29-22/h3-4,8,10,13,15H,5-7,9,11-12,14H2,1-2H3,(H,28,29)/t15-/m0/s1. The minimum Gasteiger partial charge on any atom is -0.347 e. The third kappa shape index (κ3) is 3.63. The highest BCUT2D eigenvalue weighted by Gasteiger charge is 2.32. The summed E-state index contributed by atoms with van der Waals surface area (Å²) >= 11 is 0. The number of likely N-dealkylation sites (tertiary alicyclic amines) is 1. The number of carbonyl (C=O) groups is 1. The van der Waals surface area contributed by atoms with Crippen LogP contribution in [-0.2, 0) is 12.8 Å². The van der Waals surface area contributed by atoms with Gasteiger partial charge in [0.1, 0.15) is 5.82 Å². The van der Waals surface area contributed by atoms with E-state index >= 15 is 0 Å². The number of halogens is 1. The molecular weight excluding hydrogens is 407 g/mol. The highest BCUT2D eigenvalue weighted by Crippen LogP contribution is 2.35. The highest BCUT2D eigenvalue weighted by atomic mass is 19.1. The molecule has 1 fully saturated rings. The minimum atomic E-state index is -0.300. The first kappa shape index (κ1) is 20.6. The van der Waals surface area contributed by atoms with E-state index in [0.29, 0.717) is 35.9 Å². The second-order valence-corrected chi connectivity index (χ2v) is 8.82. The molecule has 2 aromatic heterocycles. The van der Waals surface area contributed by atoms with Crippen molar-refractivity contribution in [2.24, 2.45) is 0 Å². The van der Waals surface area contributed by atoms with Crippen LogP contribution in [-0.4, -0.2) is 58.2 Å². The number of nitrogens with zero attached hydrogens (tertiary/aromatic N) is 5. The largest absolute Gasteiger partial charge is 0.347 e. The van der Waals surface area contributed by atoms with Gasteiger partial charge in [-0.25, -0.2) is 14.4 Å². The monoisotopic (exact) mass is 434 g/mol. The van der Waals surface area contributed by atoms with Crippen LogP contribution in [0.3, 0.4) is 0 Å². The topological polar surface area (TPSA) is 78.0 Å². The van der Waals surface area contributed by atoms with Gasteiger partial charge in [-0.1, -0.05) is 18.2 Å². The molecule has 1 N–H and O–H groups in total. The van der Waals surface area contributed by atoms with E-state index in [0.717, 1.165) is 49.1 Å². The number of benzene rings is 1. The third-order valence-electron chi connectivity index (χ3n) is 6.47. The number of rotatable bonds is 4. The summed E-state index contributed by atoms with van der Waals surface area (Å²) in [6.45, 7) is 1.23. The molecule has 1 amide bonds. The van der Waals surface area contributed by atoms with Gasteiger partial charge in [-0.3, -0.25) is 9.89 Å². The number of nitrogens with one attached hydrogen (secondary N) is 1. The van der Waals surface area contributed by atoms with E-state index in [4.69, 9.17) is 4.98 Å². The Morgan fingerprint density at radius 3 is 2.84 bits per heavy atom. The van der Waals surface area contributed by atoms with Crippen LogP contribution in [0.15, 0.2) is 30.5 Å². The first-order valence-electron chi connectivity index (χ1n) is 11.2. The lowest BCUT2D eigenvalue weighted by molar-refractivity contribution is 0.0699. The van der Waals surface area contributed by atoms with Crippen molar-refractivity contribution in [1.82, 2.24) is 25.1 Å². The van der Waals surface area contributed by atoms with Gasteiger partial charge >= 0.3 is 0 Å². The molecule has 0 saturated carbocycles. The van der Waals surface area contributed by atoms with Crippen LogP contribution in [0.25, 0.3) is 11.1 Å². The average molecular weight is 435 g/mol. The average Bonchev–Trinajstić information content (AvgIpc) is 3.43. The zero-order valence-corrected chi connectivity index (χ0v) is 18.4. The maximum absolute atomic E-state index is 14.7. The van der Waals surface area contributed by atoms with Crippen molar-refractivity contribution >= 4 is 11.9 Å². The van der Waals surface area contributed by atoms with Crippen LogP contribution in [0, 0.1) is 5.82 Å². The minimum absolute atomic E-state index is 0.00371. The van der Waals surface area contributed by atoms with Crippen LogP contribution in [0.2, 0.25) is 0 Å². The number of aryl methyl sites for hydroxylation is 1. The number of aromatic nitrogens is 4. The molecule has 0 radical (unpaired) electrons. The van der Waals surface area contributed by atoms with Crippen LogP contribution in [0.4, 0.5) is 10.3 Å². The zero-order valence-electron chi connectivity index (χ0n) is 18.4. The Labute approximate surface area is 186 Å². The Bertz CT molecular complexity index is 1160. The molecule has 1 aromatic carbocycles. The Morgan fingerprint density at radius 1 is 1.19 bits per heavy atom. The number of hydrogen-bond acceptors (Lipinski definition) is 5. The molecule has 8 heteroatoms. The van der Waals surface area contributed by atoms with Crippen molar-refractivity contribution in [2.45, 2.75) is 38.0 Å². The lowest BCUT2D eigenvalue weighted by Gasteiger charge is -2.33. The Kier molecular flexibility index (Phi) is 5.36. The Morgan fingerprint density at radius 2 is 2.03 bits per heavy atom. The van der Waals surface area contributed by atoms with Gasteiger partial charge in [0.05, 0.1) is 5.69 Å². The van der Waals surface area contributed by atoms with Crippen LogP contribution in [0.1, 0.15) is 52.6 Å². The van der Waals surface area contributed by atoms with Crippen LogP contribution in [0.5, 0.6) is 0 Å². The van der Waals surface area contributed by atoms with E-state index in [-0.39, 0.29) is 17.6 Å². The molecule has 2 aliphatic rings. The predicted octanol–water partition coefficient (Wildman–Crippen LogP) is 3.58. The molecule has 1 saturated heterocycles. The highest BCUT2D eigenvalue weighted by molar-refractivity contribution is 5.94. The number of amides is 1. The summed E-state index contributed by atoms with van der Waals surface area (Å²) in [5.41, 5.74) is 4.69. The van der Waals surface area contributed by atoms with Gasteiger partial charge < -0.3 is 9.80 Å². The van der Waals surface area contributed by atoms with Gasteiger partial charge in [-0.2, -0.15) is 5.10 Å². The molecule has 166 valence electrons. The number of hydrogen-bond donors (Lipinski definition) is 1. The van der Waals surface area contributed by atoms with E-state index in [9.17, 15) is 9.18 Å². The lowest BCUT2D eigenvalue weighted by Crippen LogP contribution is -2.40. The second kappa shape index (κ2) is 8.33. The molecule has 32 heavy (non-hydrogen) atoms. The van der Waals surface area contributed by atoms with E-state index in [2.05, 4.69) is 15.2 Å². The van der Waals surface area contributed by atoms with Gasteiger partial charge in [-0.05, 0) is 38.2 Å². The molecule has 3 aromatic rings. The maximum Gasteiger partial charge on any atom is 0.274 e. The SMILES string of the molecule is CN(C)c1ncc(-c2ccccc2F)c([C@H]2CCCN(C(=O)c3n[nH]c4c3CCC4)C2)n1. The fraction of sp³-hybridized carbons (Fsp3) is 0.417. The Hall–Kier alpha value is -3.29. The summed E-state index contributed by atoms with van der Waals surface area (Å²) in [6, 6.07) is 6.70. The molecular formula is C24H27FN6O. The van der Waals surface area contributed by atoms with E-state index in [1.807, 2.05) is 30.0 Å². The fourth-order valence-electron chi connectivity index (χ4n) is 4.83. The third-order valence-corrected chi connectivity index (χ3v) is 6.47. The zero-order chi connectivity index (χ0) is 22.2. The first-order chi connectivity index (χ1) is 15.5. The molecule has 7 nitrogen and oxygen atoms in total. The summed E-state index contributed by atoms with van der Waals surface area (Å²) in [5, 5.41) is 7.37. The van der Waals surface area contributed by atoms with Crippen LogP contribution < -0.4 is 4.90 Å². The second-order valence-electron chi connectivity index (χ2n) is 8.82. The smallest absolute Gasteiger partial charge is 0.274 e. The van der Waals surface area contributed by atoms with Gasteiger partial charge in [-0.15, -0.1) is 0 Å². The number of piperidine rings is 1. The van der Waals surface area contributed by atoms with Gasteiger partial charge in [0.15, 0.2) is 5.69 Å². The van der Waals surface area contributed by atoms with Crippen LogP contribution >= 0.6 is 0 Å². The maximum atomic E-state index is 14.7. The number of aromatic amines is 1. The molecule has 3 heterocycles. The summed E-state index contributed by atoms with van der Waals surface area (Å²) in [7, 11) is 3.77. The molecule has 1 atom stereocenters. The van der Waals surface area contributed by atoms with E-state index < -0.39 is 0 Å². The van der Waals surface area contributed by atoms with Gasteiger partial charge in [0.25, 0.3) is 5.91 Å². The number of carbonyl (C=O) groups excluding carboxylic acids is 1. The summed E-state index contributed by atoms with van der Waals surface area (Å²) in [4.78, 5) is 26.3. The predicted molar refractivity (Wildman–Crippen MR) is 120 cm³/mol. The van der Waals surface area contributed by atoms with Crippen molar-refractivity contribution in [3.8, 4) is 11.1 Å². The lowest BCUT2D eigenvalue weighted by atomic mass is 9.89. The summed E-state index contributed by atoms with van der Waals surface area (Å²) in [6.07, 6.45) is 6.37.